The van der Waals surface area contributed by atoms with Crippen LogP contribution in [-0.2, 0) is 4.74 Å². The molecule has 0 saturated carbocycles. The van der Waals surface area contributed by atoms with E-state index in [0.717, 1.165) is 48.2 Å². The Morgan fingerprint density at radius 3 is 2.64 bits per heavy atom. The first-order chi connectivity index (χ1) is 15.9. The number of nitrogens with zero attached hydrogens (tertiary/aromatic N) is 1. The number of ether oxygens (including phenoxy) is 2. The average molecular weight is 446 g/mol. The Morgan fingerprint density at radius 2 is 1.91 bits per heavy atom. The Labute approximate surface area is 192 Å². The lowest BCUT2D eigenvalue weighted by Gasteiger charge is -2.28. The molecule has 0 radical (unpaired) electrons. The van der Waals surface area contributed by atoms with Gasteiger partial charge < -0.3 is 19.0 Å². The van der Waals surface area contributed by atoms with Crippen molar-refractivity contribution in [2.24, 2.45) is 5.92 Å². The maximum atomic E-state index is 12.4. The quantitative estimate of drug-likeness (QED) is 0.396. The number of carboxylic acids is 1. The number of aromatic carboxylic acids is 1. The van der Waals surface area contributed by atoms with Crippen molar-refractivity contribution in [3.8, 4) is 17.2 Å². The molecule has 1 atom stereocenters. The highest BCUT2D eigenvalue weighted by molar-refractivity contribution is 6.07. The highest BCUT2D eigenvalue weighted by atomic mass is 16.5. The second-order valence-electron chi connectivity index (χ2n) is 8.79. The van der Waals surface area contributed by atoms with Crippen LogP contribution in [0.2, 0.25) is 0 Å². The molecule has 1 fully saturated rings. The van der Waals surface area contributed by atoms with Crippen molar-refractivity contribution in [1.29, 1.82) is 0 Å². The predicted molar refractivity (Wildman–Crippen MR) is 127 cm³/mol. The van der Waals surface area contributed by atoms with Gasteiger partial charge >= 0.3 is 5.97 Å². The van der Waals surface area contributed by atoms with E-state index in [1.54, 1.807) is 6.07 Å². The van der Waals surface area contributed by atoms with Crippen molar-refractivity contribution >= 4 is 27.8 Å². The first-order valence-electron chi connectivity index (χ1n) is 11.3. The van der Waals surface area contributed by atoms with Gasteiger partial charge in [0.1, 0.15) is 17.0 Å². The van der Waals surface area contributed by atoms with E-state index in [0.29, 0.717) is 34.0 Å². The molecule has 6 heteroatoms. The third-order valence-corrected chi connectivity index (χ3v) is 6.67. The van der Waals surface area contributed by atoms with Crippen molar-refractivity contribution in [2.75, 3.05) is 13.2 Å². The normalized spacial score (nSPS) is 15.7. The molecule has 3 heterocycles. The molecule has 170 valence electrons. The minimum atomic E-state index is -1.02. The fourth-order valence-corrected chi connectivity index (χ4v) is 4.73. The number of hydrogen-bond acceptors (Lipinski definition) is 5. The van der Waals surface area contributed by atoms with Gasteiger partial charge in [-0.1, -0.05) is 24.3 Å². The maximum Gasteiger partial charge on any atom is 0.336 e. The molecule has 1 N–H and O–H groups in total. The minimum absolute atomic E-state index is 0.0567. The van der Waals surface area contributed by atoms with Crippen LogP contribution in [0.15, 0.2) is 46.9 Å². The Kier molecular flexibility index (Phi) is 5.54. The molecule has 0 amide bonds. The van der Waals surface area contributed by atoms with Crippen molar-refractivity contribution in [1.82, 2.24) is 4.98 Å². The second kappa shape index (κ2) is 8.52. The lowest BCUT2D eigenvalue weighted by molar-refractivity contribution is 0.0243. The van der Waals surface area contributed by atoms with Crippen molar-refractivity contribution in [2.45, 2.75) is 39.7 Å². The monoisotopic (exact) mass is 445 g/mol. The van der Waals surface area contributed by atoms with E-state index in [-0.39, 0.29) is 11.7 Å². The number of fused-ring (bicyclic) bond motifs is 2. The molecule has 1 aliphatic heterocycles. The molecular formula is C27H27NO5. The van der Waals surface area contributed by atoms with Crippen LogP contribution in [0.5, 0.6) is 5.75 Å². The highest BCUT2D eigenvalue weighted by Crippen LogP contribution is 2.38. The summed E-state index contributed by atoms with van der Waals surface area (Å²) < 4.78 is 17.9. The summed E-state index contributed by atoms with van der Waals surface area (Å²) in [4.78, 5) is 17.2. The third kappa shape index (κ3) is 3.85. The summed E-state index contributed by atoms with van der Waals surface area (Å²) >= 11 is 0. The Morgan fingerprint density at radius 1 is 1.15 bits per heavy atom. The number of rotatable bonds is 5. The zero-order valence-corrected chi connectivity index (χ0v) is 19.1. The number of carboxylic acid groups (broad SMARTS) is 1. The number of hydrogen-bond donors (Lipinski definition) is 1. The second-order valence-corrected chi connectivity index (χ2v) is 8.79. The van der Waals surface area contributed by atoms with Crippen LogP contribution in [0.4, 0.5) is 0 Å². The summed E-state index contributed by atoms with van der Waals surface area (Å²) in [5.41, 5.74) is 3.85. The average Bonchev–Trinajstić information content (AvgIpc) is 3.17. The van der Waals surface area contributed by atoms with Gasteiger partial charge in [-0.2, -0.15) is 0 Å². The van der Waals surface area contributed by atoms with Crippen LogP contribution in [0.3, 0.4) is 0 Å². The van der Waals surface area contributed by atoms with E-state index in [1.807, 2.05) is 57.2 Å². The van der Waals surface area contributed by atoms with E-state index < -0.39 is 5.97 Å². The molecule has 5 rings (SSSR count). The minimum Gasteiger partial charge on any atom is -0.490 e. The summed E-state index contributed by atoms with van der Waals surface area (Å²) in [7, 11) is 0. The van der Waals surface area contributed by atoms with Crippen molar-refractivity contribution in [3.63, 3.8) is 0 Å². The molecule has 1 saturated heterocycles. The first-order valence-corrected chi connectivity index (χ1v) is 11.3. The fourth-order valence-electron chi connectivity index (χ4n) is 4.73. The molecule has 4 aromatic rings. The third-order valence-electron chi connectivity index (χ3n) is 6.67. The summed E-state index contributed by atoms with van der Waals surface area (Å²) in [5, 5.41) is 11.6. The molecule has 6 nitrogen and oxygen atoms in total. The van der Waals surface area contributed by atoms with Crippen LogP contribution in [-0.4, -0.2) is 35.4 Å². The van der Waals surface area contributed by atoms with Gasteiger partial charge in [0.2, 0.25) is 0 Å². The van der Waals surface area contributed by atoms with Gasteiger partial charge in [-0.25, -0.2) is 9.78 Å². The summed E-state index contributed by atoms with van der Waals surface area (Å²) in [6.45, 7) is 7.41. The lowest BCUT2D eigenvalue weighted by Crippen LogP contribution is -2.29. The number of carbonyl (C=O) groups is 1. The largest absolute Gasteiger partial charge is 0.490 e. The van der Waals surface area contributed by atoms with Crippen LogP contribution in [0, 0.1) is 19.8 Å². The Bertz CT molecular complexity index is 1350. The molecule has 1 unspecified atom stereocenters. The molecule has 2 aromatic heterocycles. The lowest BCUT2D eigenvalue weighted by atomic mass is 9.94. The van der Waals surface area contributed by atoms with E-state index in [4.69, 9.17) is 18.9 Å². The highest BCUT2D eigenvalue weighted by Gasteiger charge is 2.25. The van der Waals surface area contributed by atoms with E-state index in [2.05, 4.69) is 0 Å². The SMILES string of the molecule is Cc1c(-c2cc(C(=O)O)c3c(OC(C)C4CCOCC4)ccc(C)c3n2)oc2ccccc12. The van der Waals surface area contributed by atoms with Gasteiger partial charge in [0.05, 0.1) is 22.6 Å². The van der Waals surface area contributed by atoms with Crippen molar-refractivity contribution < 1.29 is 23.8 Å². The first kappa shape index (κ1) is 21.5. The number of pyridine rings is 1. The van der Waals surface area contributed by atoms with Crippen LogP contribution in [0.1, 0.15) is 41.3 Å². The predicted octanol–water partition coefficient (Wildman–Crippen LogP) is 6.16. The molecular weight excluding hydrogens is 418 g/mol. The molecule has 0 spiro atoms. The topological polar surface area (TPSA) is 81.8 Å². The summed E-state index contributed by atoms with van der Waals surface area (Å²) in [6, 6.07) is 13.2. The number of benzene rings is 2. The van der Waals surface area contributed by atoms with Crippen LogP contribution in [0.25, 0.3) is 33.3 Å². The van der Waals surface area contributed by atoms with Gasteiger partial charge in [-0.15, -0.1) is 0 Å². The van der Waals surface area contributed by atoms with Crippen LogP contribution < -0.4 is 4.74 Å². The van der Waals surface area contributed by atoms with Gasteiger partial charge in [-0.05, 0) is 63.3 Å². The van der Waals surface area contributed by atoms with E-state index >= 15 is 0 Å². The van der Waals surface area contributed by atoms with Gasteiger partial charge in [0, 0.05) is 24.2 Å². The molecule has 0 bridgehead atoms. The van der Waals surface area contributed by atoms with Gasteiger partial charge in [0.25, 0.3) is 0 Å². The fraction of sp³-hybridized carbons (Fsp3) is 0.333. The number of furan rings is 1. The van der Waals surface area contributed by atoms with Gasteiger partial charge in [-0.3, -0.25) is 0 Å². The maximum absolute atomic E-state index is 12.4. The Hall–Kier alpha value is -3.38. The number of aromatic nitrogens is 1. The smallest absolute Gasteiger partial charge is 0.336 e. The Balaban J connectivity index is 1.65. The van der Waals surface area contributed by atoms with Gasteiger partial charge in [0.15, 0.2) is 5.76 Å². The van der Waals surface area contributed by atoms with Crippen LogP contribution >= 0.6 is 0 Å². The molecule has 1 aliphatic rings. The molecule has 2 aromatic carbocycles. The number of aryl methyl sites for hydroxylation is 2. The molecule has 33 heavy (non-hydrogen) atoms. The standard InChI is InChI=1S/C27H27NO5/c1-15-8-9-23(32-17(3)18-10-12-31-13-11-18)24-20(27(29)30)14-21(28-25(15)24)26-16(2)19-6-4-5-7-22(19)33-26/h4-9,14,17-18H,10-13H2,1-3H3,(H,29,30). The summed E-state index contributed by atoms with van der Waals surface area (Å²) in [5.74, 6) is 0.481. The van der Waals surface area contributed by atoms with E-state index in [9.17, 15) is 9.90 Å². The zero-order valence-electron chi connectivity index (χ0n) is 19.1. The summed E-state index contributed by atoms with van der Waals surface area (Å²) in [6.07, 6.45) is 1.81. The van der Waals surface area contributed by atoms with Crippen molar-refractivity contribution in [3.05, 3.63) is 59.2 Å². The number of para-hydroxylation sites is 1. The van der Waals surface area contributed by atoms with E-state index in [1.165, 1.54) is 0 Å². The zero-order chi connectivity index (χ0) is 23.1. The molecule has 0 aliphatic carbocycles.